The van der Waals surface area contributed by atoms with Crippen LogP contribution in [0.1, 0.15) is 28.7 Å². The highest BCUT2D eigenvalue weighted by Crippen LogP contribution is 2.22. The van der Waals surface area contributed by atoms with Crippen LogP contribution in [0.25, 0.3) is 0 Å². The molecule has 1 unspecified atom stereocenters. The molecule has 1 fully saturated rings. The zero-order valence-corrected chi connectivity index (χ0v) is 17.3. The highest BCUT2D eigenvalue weighted by atomic mass is 35.5. The van der Waals surface area contributed by atoms with Crippen LogP contribution in [0.3, 0.4) is 0 Å². The van der Waals surface area contributed by atoms with Crippen LogP contribution in [-0.4, -0.2) is 29.8 Å². The van der Waals surface area contributed by atoms with E-state index < -0.39 is 0 Å². The molecule has 1 aliphatic rings. The van der Waals surface area contributed by atoms with E-state index in [1.54, 1.807) is 0 Å². The Labute approximate surface area is 166 Å². The fourth-order valence-electron chi connectivity index (χ4n) is 3.74. The van der Waals surface area contributed by atoms with Gasteiger partial charge in [-0.3, -0.25) is 0 Å². The van der Waals surface area contributed by atoms with Crippen LogP contribution in [0.4, 0.5) is 5.69 Å². The molecule has 0 aromatic heterocycles. The molecule has 1 atom stereocenters. The Kier molecular flexibility index (Phi) is 6.17. The molecule has 0 aliphatic carbocycles. The van der Waals surface area contributed by atoms with Gasteiger partial charge < -0.3 is 15.1 Å². The smallest absolute Gasteiger partial charge is 0.177 e. The average Bonchev–Trinajstić information content (AvgIpc) is 2.60. The van der Waals surface area contributed by atoms with Crippen LogP contribution in [0.15, 0.2) is 36.4 Å². The normalized spacial score (nSPS) is 17.2. The Morgan fingerprint density at radius 2 is 1.88 bits per heavy atom. The van der Waals surface area contributed by atoms with E-state index in [2.05, 4.69) is 55.3 Å². The molecule has 2 N–H and O–H groups in total. The van der Waals surface area contributed by atoms with Gasteiger partial charge in [-0.15, -0.1) is 0 Å². The van der Waals surface area contributed by atoms with Crippen LogP contribution < -0.4 is 10.2 Å². The molecule has 0 bridgehead atoms. The summed E-state index contributed by atoms with van der Waals surface area (Å²) in [5, 5.41) is 5.16. The number of nitrogens with one attached hydrogen (secondary N) is 2. The fraction of sp³-hybridized carbons (Fsp3) is 0.381. The number of rotatable bonds is 3. The Morgan fingerprint density at radius 3 is 2.58 bits per heavy atom. The first kappa shape index (κ1) is 19.2. The Bertz CT molecular complexity index is 783. The van der Waals surface area contributed by atoms with Gasteiger partial charge in [0, 0.05) is 29.2 Å². The van der Waals surface area contributed by atoms with Crippen LogP contribution in [0.2, 0.25) is 5.02 Å². The van der Waals surface area contributed by atoms with Gasteiger partial charge in [-0.1, -0.05) is 47.5 Å². The van der Waals surface area contributed by atoms with Crippen molar-refractivity contribution < 1.29 is 4.90 Å². The van der Waals surface area contributed by atoms with Gasteiger partial charge in [-0.2, -0.15) is 0 Å². The Morgan fingerprint density at radius 1 is 1.19 bits per heavy atom. The van der Waals surface area contributed by atoms with Crippen molar-refractivity contribution in [3.8, 4) is 0 Å². The number of aryl methyl sites for hydroxylation is 3. The lowest BCUT2D eigenvalue weighted by atomic mass is 10.1. The lowest BCUT2D eigenvalue weighted by Gasteiger charge is -2.35. The van der Waals surface area contributed by atoms with Gasteiger partial charge in [0.25, 0.3) is 0 Å². The highest BCUT2D eigenvalue weighted by molar-refractivity contribution is 7.80. The van der Waals surface area contributed by atoms with Crippen LogP contribution in [0, 0.1) is 20.8 Å². The van der Waals surface area contributed by atoms with Crippen molar-refractivity contribution in [2.75, 3.05) is 25.1 Å². The number of anilines is 1. The Balaban J connectivity index is 1.66. The quantitative estimate of drug-likeness (QED) is 0.782. The zero-order valence-electron chi connectivity index (χ0n) is 15.7. The van der Waals surface area contributed by atoms with Crippen LogP contribution in [-0.2, 0) is 6.54 Å². The topological polar surface area (TPSA) is 19.7 Å². The van der Waals surface area contributed by atoms with E-state index in [1.807, 2.05) is 12.1 Å². The minimum absolute atomic E-state index is 0.816. The third-order valence-corrected chi connectivity index (χ3v) is 5.70. The van der Waals surface area contributed by atoms with Crippen LogP contribution in [0.5, 0.6) is 0 Å². The van der Waals surface area contributed by atoms with Crippen molar-refractivity contribution in [1.82, 2.24) is 4.90 Å². The maximum absolute atomic E-state index is 6.33. The molecule has 0 spiro atoms. The molecule has 138 valence electrons. The van der Waals surface area contributed by atoms with Crippen molar-refractivity contribution in [3.63, 3.8) is 0 Å². The number of hydrogen-bond acceptors (Lipinski definition) is 1. The van der Waals surface area contributed by atoms with Gasteiger partial charge in [0.15, 0.2) is 11.8 Å². The summed E-state index contributed by atoms with van der Waals surface area (Å²) in [6.45, 7) is 10.4. The molecule has 26 heavy (non-hydrogen) atoms. The molecule has 0 saturated carbocycles. The van der Waals surface area contributed by atoms with E-state index in [0.29, 0.717) is 0 Å². The zero-order chi connectivity index (χ0) is 18.7. The average molecular weight is 389 g/mol. The first-order valence-corrected chi connectivity index (χ1v) is 9.93. The molecular weight excluding hydrogens is 362 g/mol. The second kappa shape index (κ2) is 8.38. The second-order valence-corrected chi connectivity index (χ2v) is 8.04. The number of hydrogen-bond donors (Lipinski definition) is 2. The maximum Gasteiger partial charge on any atom is 0.177 e. The van der Waals surface area contributed by atoms with Crippen molar-refractivity contribution in [3.05, 3.63) is 63.7 Å². The summed E-state index contributed by atoms with van der Waals surface area (Å²) in [5.74, 6) is 0. The molecule has 2 aromatic rings. The third kappa shape index (κ3) is 4.56. The highest BCUT2D eigenvalue weighted by Gasteiger charge is 2.23. The summed E-state index contributed by atoms with van der Waals surface area (Å²) >= 11 is 12.1. The summed E-state index contributed by atoms with van der Waals surface area (Å²) < 4.78 is 0. The molecule has 1 aliphatic heterocycles. The standard InChI is InChI=1S/C21H26ClN3S/c1-15-11-16(2)20(17(3)12-15)23-21(26)25-10-6-9-24(14-25)13-18-7-4-5-8-19(18)22/h4-5,7-8,11-12H,6,9-10,13-14H2,1-3H3,(H,23,26)/p+1. The van der Waals surface area contributed by atoms with Gasteiger partial charge in [-0.25, -0.2) is 0 Å². The largest absolute Gasteiger partial charge is 0.332 e. The molecule has 0 amide bonds. The minimum Gasteiger partial charge on any atom is -0.332 e. The summed E-state index contributed by atoms with van der Waals surface area (Å²) in [6, 6.07) is 12.5. The molecule has 0 radical (unpaired) electrons. The Hall–Kier alpha value is -1.62. The summed E-state index contributed by atoms with van der Waals surface area (Å²) in [5.41, 5.74) is 6.10. The molecule has 1 heterocycles. The predicted molar refractivity (Wildman–Crippen MR) is 114 cm³/mol. The summed E-state index contributed by atoms with van der Waals surface area (Å²) in [6.07, 6.45) is 1.13. The van der Waals surface area contributed by atoms with Crippen LogP contribution >= 0.6 is 23.8 Å². The molecule has 5 heteroatoms. The molecular formula is C21H27ClN3S+. The number of benzene rings is 2. The van der Waals surface area contributed by atoms with E-state index >= 15 is 0 Å². The van der Waals surface area contributed by atoms with E-state index in [9.17, 15) is 0 Å². The van der Waals surface area contributed by atoms with Crippen molar-refractivity contribution in [1.29, 1.82) is 0 Å². The number of quaternary nitrogens is 1. The number of halogens is 1. The summed E-state index contributed by atoms with van der Waals surface area (Å²) in [7, 11) is 0. The van der Waals surface area contributed by atoms with E-state index in [1.165, 1.54) is 27.2 Å². The number of thiocarbonyl (C=S) groups is 1. The molecule has 1 saturated heterocycles. The lowest BCUT2D eigenvalue weighted by Crippen LogP contribution is -3.13. The predicted octanol–water partition coefficient (Wildman–Crippen LogP) is 3.71. The van der Waals surface area contributed by atoms with E-state index in [0.717, 1.165) is 48.5 Å². The van der Waals surface area contributed by atoms with Crippen molar-refractivity contribution in [2.45, 2.75) is 33.7 Å². The van der Waals surface area contributed by atoms with Gasteiger partial charge in [0.1, 0.15) is 6.54 Å². The van der Waals surface area contributed by atoms with Gasteiger partial charge in [0.05, 0.1) is 6.54 Å². The summed E-state index contributed by atoms with van der Waals surface area (Å²) in [4.78, 5) is 3.77. The molecule has 3 rings (SSSR count). The van der Waals surface area contributed by atoms with Crippen molar-refractivity contribution in [2.24, 2.45) is 0 Å². The first-order chi connectivity index (χ1) is 12.4. The lowest BCUT2D eigenvalue weighted by molar-refractivity contribution is -0.927. The number of nitrogens with zero attached hydrogens (tertiary/aromatic N) is 1. The van der Waals surface area contributed by atoms with Gasteiger partial charge in [0.2, 0.25) is 0 Å². The molecule has 2 aromatic carbocycles. The van der Waals surface area contributed by atoms with Crippen molar-refractivity contribution >= 4 is 34.6 Å². The monoisotopic (exact) mass is 388 g/mol. The third-order valence-electron chi connectivity index (χ3n) is 4.97. The van der Waals surface area contributed by atoms with Gasteiger partial charge >= 0.3 is 0 Å². The van der Waals surface area contributed by atoms with Gasteiger partial charge in [-0.05, 0) is 50.2 Å². The minimum atomic E-state index is 0.816. The first-order valence-electron chi connectivity index (χ1n) is 9.15. The SMILES string of the molecule is Cc1cc(C)c(NC(=S)N2CCC[NH+](Cc3ccccc3Cl)C2)c(C)c1. The van der Waals surface area contributed by atoms with E-state index in [-0.39, 0.29) is 0 Å². The second-order valence-electron chi connectivity index (χ2n) is 7.25. The fourth-order valence-corrected chi connectivity index (χ4v) is 4.20. The van der Waals surface area contributed by atoms with E-state index in [4.69, 9.17) is 23.8 Å². The molecule has 3 nitrogen and oxygen atoms in total. The maximum atomic E-state index is 6.33.